The minimum Gasteiger partial charge on any atom is -0.497 e. The molecule has 4 rings (SSSR count). The van der Waals surface area contributed by atoms with E-state index in [-0.39, 0.29) is 35.2 Å². The molecule has 0 aliphatic rings. The Morgan fingerprint density at radius 1 is 0.923 bits per heavy atom. The van der Waals surface area contributed by atoms with E-state index in [1.54, 1.807) is 73.1 Å². The summed E-state index contributed by atoms with van der Waals surface area (Å²) in [7, 11) is -1.12. The average Bonchev–Trinajstić information content (AvgIpc) is 2.93. The molecule has 39 heavy (non-hydrogen) atoms. The first-order chi connectivity index (χ1) is 18.8. The molecule has 0 radical (unpaired) electrons. The van der Waals surface area contributed by atoms with Crippen molar-refractivity contribution in [2.24, 2.45) is 0 Å². The number of halogens is 1. The zero-order valence-electron chi connectivity index (χ0n) is 21.2. The molecule has 0 atom stereocenters. The Hall–Kier alpha value is -4.12. The van der Waals surface area contributed by atoms with Gasteiger partial charge in [0.25, 0.3) is 0 Å². The van der Waals surface area contributed by atoms with Gasteiger partial charge in [0, 0.05) is 41.3 Å². The number of rotatable bonds is 11. The Bertz CT molecular complexity index is 1570. The first-order valence-electron chi connectivity index (χ1n) is 11.7. The van der Waals surface area contributed by atoms with Gasteiger partial charge < -0.3 is 19.5 Å². The van der Waals surface area contributed by atoms with Gasteiger partial charge in [0.05, 0.1) is 20.6 Å². The van der Waals surface area contributed by atoms with Gasteiger partial charge in [-0.3, -0.25) is 9.78 Å². The number of methoxy groups -OCH3 is 2. The molecule has 202 valence electrons. The van der Waals surface area contributed by atoms with Crippen molar-refractivity contribution in [3.63, 3.8) is 0 Å². The summed E-state index contributed by atoms with van der Waals surface area (Å²) in [5.41, 5.74) is 1.60. The number of hydrogen-bond donors (Lipinski definition) is 2. The number of benzene rings is 3. The summed E-state index contributed by atoms with van der Waals surface area (Å²) < 4.78 is 46.1. The van der Waals surface area contributed by atoms with Crippen LogP contribution in [0.3, 0.4) is 0 Å². The van der Waals surface area contributed by atoms with Crippen molar-refractivity contribution in [2.75, 3.05) is 19.5 Å². The van der Waals surface area contributed by atoms with Gasteiger partial charge >= 0.3 is 0 Å². The van der Waals surface area contributed by atoms with Crippen molar-refractivity contribution in [3.05, 3.63) is 101 Å². The van der Waals surface area contributed by atoms with Crippen LogP contribution in [0.5, 0.6) is 23.0 Å². The molecular weight excluding hydrogens is 542 g/mol. The van der Waals surface area contributed by atoms with E-state index in [1.165, 1.54) is 26.4 Å². The zero-order chi connectivity index (χ0) is 27.8. The zero-order valence-corrected chi connectivity index (χ0v) is 22.8. The quantitative estimate of drug-likeness (QED) is 0.256. The maximum Gasteiger partial charge on any atom is 0.244 e. The van der Waals surface area contributed by atoms with E-state index >= 15 is 0 Å². The highest BCUT2D eigenvalue weighted by molar-refractivity contribution is 7.89. The molecule has 2 N–H and O–H groups in total. The summed E-state index contributed by atoms with van der Waals surface area (Å²) in [6.07, 6.45) is 3.28. The van der Waals surface area contributed by atoms with E-state index in [1.807, 2.05) is 0 Å². The number of carbonyl (C=O) groups excluding carboxylic acids is 1. The number of nitrogens with one attached hydrogen (secondary N) is 2. The molecule has 1 aromatic heterocycles. The lowest BCUT2D eigenvalue weighted by atomic mass is 10.2. The molecule has 3 aromatic carbocycles. The van der Waals surface area contributed by atoms with Gasteiger partial charge in [-0.1, -0.05) is 29.8 Å². The smallest absolute Gasteiger partial charge is 0.244 e. The van der Waals surface area contributed by atoms with Crippen LogP contribution in [0.4, 0.5) is 5.69 Å². The lowest BCUT2D eigenvalue weighted by Crippen LogP contribution is -2.24. The number of hydrogen-bond acceptors (Lipinski definition) is 7. The van der Waals surface area contributed by atoms with Crippen molar-refractivity contribution >= 4 is 33.2 Å². The summed E-state index contributed by atoms with van der Waals surface area (Å²) in [6, 6.07) is 19.6. The van der Waals surface area contributed by atoms with Crippen LogP contribution >= 0.6 is 11.6 Å². The van der Waals surface area contributed by atoms with E-state index in [4.69, 9.17) is 25.8 Å². The van der Waals surface area contributed by atoms with Crippen LogP contribution in [0.2, 0.25) is 5.02 Å². The van der Waals surface area contributed by atoms with Gasteiger partial charge in [-0.25, -0.2) is 13.1 Å². The predicted octanol–water partition coefficient (Wildman–Crippen LogP) is 5.20. The van der Waals surface area contributed by atoms with Gasteiger partial charge in [0.2, 0.25) is 15.9 Å². The monoisotopic (exact) mass is 567 g/mol. The SMILES string of the molecule is COc1ccc(CNS(=O)(=O)c2cc(NC(=O)Cc3cccnc3)ccc2Oc2cccc(Cl)c2)c(OC)c1. The first-order valence-corrected chi connectivity index (χ1v) is 13.6. The topological polar surface area (TPSA) is 116 Å². The van der Waals surface area contributed by atoms with Gasteiger partial charge in [0.1, 0.15) is 27.9 Å². The van der Waals surface area contributed by atoms with Crippen molar-refractivity contribution in [3.8, 4) is 23.0 Å². The standard InChI is InChI=1S/C28H26ClN3O6S/c1-36-23-10-8-20(26(16-23)37-2)18-31-39(34,35)27-15-22(32-28(33)13-19-5-4-12-30-17-19)9-11-25(27)38-24-7-3-6-21(29)14-24/h3-12,14-17,31H,13,18H2,1-2H3,(H,32,33). The number of amides is 1. The van der Waals surface area contributed by atoms with E-state index in [2.05, 4.69) is 15.0 Å². The Morgan fingerprint density at radius 2 is 1.77 bits per heavy atom. The second-order valence-corrected chi connectivity index (χ2v) is 10.5. The molecule has 0 aliphatic carbocycles. The second-order valence-electron chi connectivity index (χ2n) is 8.31. The number of carbonyl (C=O) groups is 1. The number of nitrogens with zero attached hydrogens (tertiary/aromatic N) is 1. The molecule has 0 unspecified atom stereocenters. The molecule has 0 spiro atoms. The van der Waals surface area contributed by atoms with Crippen LogP contribution in [-0.4, -0.2) is 33.5 Å². The fraction of sp³-hybridized carbons (Fsp3) is 0.143. The lowest BCUT2D eigenvalue weighted by molar-refractivity contribution is -0.115. The van der Waals surface area contributed by atoms with Gasteiger partial charge in [-0.05, 0) is 54.1 Å². The third-order valence-corrected chi connectivity index (χ3v) is 7.23. The molecule has 1 amide bonds. The van der Waals surface area contributed by atoms with E-state index < -0.39 is 10.0 Å². The van der Waals surface area contributed by atoms with Crippen LogP contribution in [-0.2, 0) is 27.8 Å². The molecule has 1 heterocycles. The van der Waals surface area contributed by atoms with Crippen LogP contribution in [0.15, 0.2) is 90.1 Å². The fourth-order valence-corrected chi connectivity index (χ4v) is 5.02. The summed E-state index contributed by atoms with van der Waals surface area (Å²) >= 11 is 6.07. The van der Waals surface area contributed by atoms with Gasteiger partial charge in [-0.15, -0.1) is 0 Å². The van der Waals surface area contributed by atoms with E-state index in [0.717, 1.165) is 5.56 Å². The summed E-state index contributed by atoms with van der Waals surface area (Å²) in [4.78, 5) is 16.5. The average molecular weight is 568 g/mol. The number of pyridine rings is 1. The maximum atomic E-state index is 13.5. The van der Waals surface area contributed by atoms with Gasteiger partial charge in [-0.2, -0.15) is 0 Å². The van der Waals surface area contributed by atoms with Gasteiger partial charge in [0.15, 0.2) is 0 Å². The predicted molar refractivity (Wildman–Crippen MR) is 148 cm³/mol. The Kier molecular flexibility index (Phi) is 9.03. The third kappa shape index (κ3) is 7.47. The largest absolute Gasteiger partial charge is 0.497 e. The van der Waals surface area contributed by atoms with Crippen LogP contribution < -0.4 is 24.2 Å². The highest BCUT2D eigenvalue weighted by Crippen LogP contribution is 2.33. The van der Waals surface area contributed by atoms with E-state index in [0.29, 0.717) is 27.8 Å². The minimum absolute atomic E-state index is 0.0525. The fourth-order valence-electron chi connectivity index (χ4n) is 3.68. The van der Waals surface area contributed by atoms with Crippen molar-refractivity contribution in [1.82, 2.24) is 9.71 Å². The normalized spacial score (nSPS) is 11.1. The summed E-state index contributed by atoms with van der Waals surface area (Å²) in [5.74, 6) is 1.11. The number of sulfonamides is 1. The number of anilines is 1. The van der Waals surface area contributed by atoms with Crippen molar-refractivity contribution in [2.45, 2.75) is 17.9 Å². The molecular formula is C28H26ClN3O6S. The third-order valence-electron chi connectivity index (χ3n) is 5.58. The number of ether oxygens (including phenoxy) is 3. The van der Waals surface area contributed by atoms with E-state index in [9.17, 15) is 13.2 Å². The highest BCUT2D eigenvalue weighted by Gasteiger charge is 2.22. The van der Waals surface area contributed by atoms with Crippen LogP contribution in [0.25, 0.3) is 0 Å². The lowest BCUT2D eigenvalue weighted by Gasteiger charge is -2.16. The molecule has 11 heteroatoms. The molecule has 4 aromatic rings. The van der Waals surface area contributed by atoms with Crippen LogP contribution in [0, 0.1) is 0 Å². The summed E-state index contributed by atoms with van der Waals surface area (Å²) in [6.45, 7) is -0.0658. The second kappa shape index (κ2) is 12.6. The molecule has 0 saturated carbocycles. The molecule has 0 aliphatic heterocycles. The molecule has 0 bridgehead atoms. The first kappa shape index (κ1) is 27.9. The van der Waals surface area contributed by atoms with Crippen molar-refractivity contribution < 1.29 is 27.4 Å². The Morgan fingerprint density at radius 3 is 2.49 bits per heavy atom. The Balaban J connectivity index is 1.62. The van der Waals surface area contributed by atoms with Crippen molar-refractivity contribution in [1.29, 1.82) is 0 Å². The molecule has 9 nitrogen and oxygen atoms in total. The minimum atomic E-state index is -4.13. The molecule has 0 saturated heterocycles. The number of aromatic nitrogens is 1. The molecule has 0 fully saturated rings. The Labute approximate surface area is 231 Å². The maximum absolute atomic E-state index is 13.5. The highest BCUT2D eigenvalue weighted by atomic mass is 35.5. The van der Waals surface area contributed by atoms with Crippen LogP contribution in [0.1, 0.15) is 11.1 Å². The summed E-state index contributed by atoms with van der Waals surface area (Å²) in [5, 5.41) is 3.17.